The van der Waals surface area contributed by atoms with E-state index < -0.39 is 235 Å². The second-order valence-corrected chi connectivity index (χ2v) is 47.2. The first-order valence-electron chi connectivity index (χ1n) is 38.0. The van der Waals surface area contributed by atoms with Crippen LogP contribution in [0.15, 0.2) is 89.2 Å². The molecule has 52 nitrogen and oxygen atoms in total. The number of aryl methyl sites for hydroxylation is 2. The Kier molecular flexibility index (Phi) is 29.4. The average molecular weight is 2010 g/mol. The number of rotatable bonds is 35. The van der Waals surface area contributed by atoms with E-state index in [2.05, 4.69) is 44.9 Å². The van der Waals surface area contributed by atoms with Gasteiger partial charge >= 0.3 is 57.4 Å². The number of imidazole rings is 2. The fourth-order valence-corrected chi connectivity index (χ4v) is 24.1. The number of pyridine rings is 1. The van der Waals surface area contributed by atoms with Crippen molar-refractivity contribution in [2.24, 2.45) is 0 Å². The first-order chi connectivity index (χ1) is 59.5. The lowest BCUT2D eigenvalue weighted by atomic mass is 10.2. The Balaban J connectivity index is 0.670. The van der Waals surface area contributed by atoms with Crippen LogP contribution < -0.4 is 68.0 Å². The SMILES string of the molecule is Cc1cn([C@H]2C[C@H](OP(O)(=S)OCC3O[C@@H](n4cnc5c(=O)[nH]c(N)nc54)C[C@@H]3OP(O)(=S)OCC3O[C@@H](n4ccc(N)cc4=O)C[C@@H]3OP(O)(=S)OCC3O[C@@H](n4ccc(N)nc4=O)C[C@@H]3OP(O)(=S)OC(C)(C)C)C(COP(O)(=S)O[C@H]3C[C@H](n4cc(C)c(=O)[nH]c4=O)OC3COP(O)(=S)O[C@H]3C[C@H](n4cnc5c(=O)[nH]c(N)nc54)OC3CO)O2)c(=O)nc1N. The van der Waals surface area contributed by atoms with Crippen LogP contribution in [-0.2, 0) is 154 Å². The second-order valence-electron chi connectivity index (χ2n) is 30.5. The second kappa shape index (κ2) is 38.5. The van der Waals surface area contributed by atoms with Crippen molar-refractivity contribution in [1.82, 2.24) is 72.3 Å². The lowest BCUT2D eigenvalue weighted by Crippen LogP contribution is -2.33. The number of aromatic amines is 3. The predicted octanol–water partition coefficient (Wildman–Crippen LogP) is -0.0661. The van der Waals surface area contributed by atoms with Gasteiger partial charge < -0.3 is 146 Å². The molecule has 0 spiro atoms. The monoisotopic (exact) mass is 2010 g/mol. The van der Waals surface area contributed by atoms with E-state index in [1.165, 1.54) is 65.6 Å². The van der Waals surface area contributed by atoms with Gasteiger partial charge in [-0.05, 0) is 118 Å². The van der Waals surface area contributed by atoms with Crippen molar-refractivity contribution in [3.63, 3.8) is 0 Å². The third-order valence-electron chi connectivity index (χ3n) is 20.2. The number of H-pyrrole nitrogens is 3. The zero-order valence-electron chi connectivity index (χ0n) is 66.8. The number of anilines is 5. The van der Waals surface area contributed by atoms with Crippen LogP contribution in [0.2, 0.25) is 0 Å². The number of aliphatic hydroxyl groups is 1. The zero-order valence-corrected chi connectivity index (χ0v) is 77.1. The highest BCUT2D eigenvalue weighted by molar-refractivity contribution is 8.08. The van der Waals surface area contributed by atoms with E-state index in [-0.39, 0.29) is 95.6 Å². The lowest BCUT2D eigenvalue weighted by molar-refractivity contribution is -0.0576. The van der Waals surface area contributed by atoms with Crippen molar-refractivity contribution in [3.05, 3.63) is 140 Å². The molecule has 6 aliphatic heterocycles. The number of fused-ring (bicyclic) bond motifs is 2. The molecule has 0 saturated carbocycles. The number of nitrogens with two attached hydrogens (primary N) is 5. The molecule has 6 fully saturated rings. The van der Waals surface area contributed by atoms with Gasteiger partial charge in [0.2, 0.25) is 11.9 Å². The smallest absolute Gasteiger partial charge is 0.351 e. The molecule has 8 aromatic heterocycles. The quantitative estimate of drug-likeness (QED) is 0.0231. The van der Waals surface area contributed by atoms with Crippen LogP contribution in [0, 0.1) is 13.8 Å². The maximum absolute atomic E-state index is 13.6. The average Bonchev–Trinajstić information content (AvgIpc) is 1.65. The highest BCUT2D eigenvalue weighted by atomic mass is 32.5. The van der Waals surface area contributed by atoms with Gasteiger partial charge in [0.1, 0.15) is 85.6 Å². The molecule has 6 aliphatic rings. The van der Waals surface area contributed by atoms with E-state index in [1.807, 2.05) is 0 Å². The van der Waals surface area contributed by atoms with Gasteiger partial charge in [-0.3, -0.25) is 61.5 Å². The topological polar surface area (TPSA) is 712 Å². The van der Waals surface area contributed by atoms with E-state index in [9.17, 15) is 68.0 Å². The maximum atomic E-state index is 13.6. The largest absolute Gasteiger partial charge is 0.399 e. The minimum atomic E-state index is -4.72. The molecule has 14 rings (SSSR count). The summed E-state index contributed by atoms with van der Waals surface area (Å²) in [6, 6.07) is 3.87. The molecule has 127 heavy (non-hydrogen) atoms. The van der Waals surface area contributed by atoms with E-state index in [4.69, 9.17) is 182 Å². The molecule has 0 amide bonds. The van der Waals surface area contributed by atoms with Crippen LogP contribution in [0.3, 0.4) is 0 Å². The van der Waals surface area contributed by atoms with E-state index in [0.717, 1.165) is 24.3 Å². The summed E-state index contributed by atoms with van der Waals surface area (Å²) in [6.07, 6.45) is -17.3. The van der Waals surface area contributed by atoms with Crippen molar-refractivity contribution in [3.8, 4) is 0 Å². The summed E-state index contributed by atoms with van der Waals surface area (Å²) in [5, 5.41) is 10.4. The Morgan fingerprint density at radius 3 is 1.18 bits per heavy atom. The van der Waals surface area contributed by atoms with Gasteiger partial charge in [0, 0.05) is 86.2 Å². The molecule has 24 atom stereocenters. The number of nitrogens with one attached hydrogen (secondary N) is 3. The van der Waals surface area contributed by atoms with E-state index in [0.29, 0.717) is 5.56 Å². The standard InChI is InChI=1S/C63H86N20O32P6S6/c1-27-17-80(61(90)72-52(27)66)46-14-32(38(106-46)22-100-118(94,124)112-33-15-47(81-18-28(2)55(86)77-62(81)91)107-39(33)21-98-116(92,122)109-30-11-48(103-36(30)19-84)82-25-69-50-53(82)73-58(67)75-56(50)87)111-119(95,125)101-23-40-34(16-49(108-40)83-26-70-51-54(83)74-59(68)76-57(51)88)113-120(96,126)99-20-37-31(12-44(104-37)78-8-6-29(64)10-43(78)85)110-117(93,123)102-24-41-35(114-121(97,127)115-63(3,4)5)13-45(105-41)79-9-7-42(65)71-60(79)89/h6-10,17-18,25-26,30-41,44-49,84H,11-16,19-24,64H2,1-5H3,(H,92,122)(H,93,123)(H,94,124)(H,95,125)(H,96,126)(H,97,127)(H2,65,71,89)(H2,66,72,90)(H,77,86,91)(H3,67,73,75,87)(H3,68,74,76,88)/t30-,31-,32-,33-,34-,35-,36?,37?,38?,39?,40?,41?,44+,45+,46+,47+,48+,49+,116?,117?,118?,119?,120?,121?/m0/s1. The molecule has 6 saturated heterocycles. The molecule has 0 aliphatic carbocycles. The fourth-order valence-electron chi connectivity index (χ4n) is 14.5. The maximum Gasteiger partial charge on any atom is 0.351 e. The number of ether oxygens (including phenoxy) is 6. The number of hydrogen-bond acceptors (Lipinski definition) is 43. The third-order valence-corrected chi connectivity index (χ3v) is 29.9. The summed E-state index contributed by atoms with van der Waals surface area (Å²) in [5.41, 5.74) is 23.3. The van der Waals surface area contributed by atoms with E-state index in [1.54, 1.807) is 27.7 Å². The molecule has 8 aromatic rings. The molecule has 0 bridgehead atoms. The Morgan fingerprint density at radius 2 is 0.787 bits per heavy atom. The Morgan fingerprint density at radius 1 is 0.441 bits per heavy atom. The van der Waals surface area contributed by atoms with Crippen LogP contribution in [0.5, 0.6) is 0 Å². The summed E-state index contributed by atoms with van der Waals surface area (Å²) in [6.45, 7) is -23.5. The normalized spacial score (nSPS) is 29.3. The van der Waals surface area contributed by atoms with Crippen LogP contribution in [-0.4, -0.2) is 225 Å². The number of aliphatic hydroxyl groups excluding tert-OH is 1. The summed E-state index contributed by atoms with van der Waals surface area (Å²) in [5.74, 6) is -0.737. The molecular formula is C63H86N20O32P6S6. The van der Waals surface area contributed by atoms with Crippen LogP contribution in [0.25, 0.3) is 22.3 Å². The van der Waals surface area contributed by atoms with Crippen LogP contribution in [0.4, 0.5) is 29.2 Å². The van der Waals surface area contributed by atoms with Gasteiger partial charge in [-0.15, -0.1) is 0 Å². The number of nitrogens with zero attached hydrogens (tertiary/aromatic N) is 12. The van der Waals surface area contributed by atoms with Crippen molar-refractivity contribution in [1.29, 1.82) is 0 Å². The van der Waals surface area contributed by atoms with Crippen molar-refractivity contribution < 1.29 is 117 Å². The van der Waals surface area contributed by atoms with Crippen LogP contribution >= 0.6 is 40.3 Å². The lowest BCUT2D eigenvalue weighted by Gasteiger charge is -2.29. The Labute approximate surface area is 744 Å². The predicted molar refractivity (Wildman–Crippen MR) is 464 cm³/mol. The molecule has 696 valence electrons. The van der Waals surface area contributed by atoms with Gasteiger partial charge in [0.15, 0.2) is 22.3 Å². The highest BCUT2D eigenvalue weighted by Gasteiger charge is 2.51. The number of hydrogen-bond donors (Lipinski definition) is 15. The molecule has 12 unspecified atom stereocenters. The van der Waals surface area contributed by atoms with Crippen LogP contribution in [0.1, 0.15) is 108 Å². The van der Waals surface area contributed by atoms with E-state index >= 15 is 0 Å². The molecule has 14 heterocycles. The Hall–Kier alpha value is -6.01. The molecular weight excluding hydrogens is 1930 g/mol. The minimum absolute atomic E-state index is 0.0364. The van der Waals surface area contributed by atoms with Crippen molar-refractivity contribution >= 4 is 163 Å². The molecule has 0 radical (unpaired) electrons. The third kappa shape index (κ3) is 23.6. The molecule has 20 N–H and O–H groups in total. The Bertz CT molecular complexity index is 6240. The van der Waals surface area contributed by atoms with Crippen molar-refractivity contribution in [2.45, 2.75) is 189 Å². The fraction of sp³-hybridized carbons (Fsp3) is 0.571. The minimum Gasteiger partial charge on any atom is -0.399 e. The zero-order chi connectivity index (χ0) is 91.7. The first-order valence-corrected chi connectivity index (χ1v) is 53.5. The van der Waals surface area contributed by atoms with Gasteiger partial charge in [-0.2, -0.15) is 19.9 Å². The molecule has 64 heteroatoms. The summed E-state index contributed by atoms with van der Waals surface area (Å²) < 4.78 is 116. The summed E-state index contributed by atoms with van der Waals surface area (Å²) >= 11 is 33.3. The first kappa shape index (κ1) is 97.0. The molecule has 0 aromatic carbocycles. The highest BCUT2D eigenvalue weighted by Crippen LogP contribution is 2.58. The number of nitrogen functional groups attached to an aromatic ring is 5. The van der Waals surface area contributed by atoms with Gasteiger partial charge in [-0.1, -0.05) is 0 Å². The van der Waals surface area contributed by atoms with Crippen molar-refractivity contribution in [2.75, 3.05) is 68.3 Å². The summed E-state index contributed by atoms with van der Waals surface area (Å²) in [4.78, 5) is 194. The van der Waals surface area contributed by atoms with Gasteiger partial charge in [-0.25, -0.2) is 24.4 Å². The number of aromatic nitrogens is 15. The summed E-state index contributed by atoms with van der Waals surface area (Å²) in [7, 11) is 0. The van der Waals surface area contributed by atoms with Gasteiger partial charge in [0.05, 0.1) is 94.5 Å². The van der Waals surface area contributed by atoms with Gasteiger partial charge in [0.25, 0.3) is 22.2 Å².